The average molecular weight is 210 g/mol. The van der Waals surface area contributed by atoms with Gasteiger partial charge in [-0.25, -0.2) is 0 Å². The fraction of sp³-hybridized carbons (Fsp3) is 0.500. The Labute approximate surface area is 90.3 Å². The first-order valence-electron chi connectivity index (χ1n) is 5.15. The van der Waals surface area contributed by atoms with E-state index < -0.39 is 0 Å². The van der Waals surface area contributed by atoms with Crippen LogP contribution in [0.2, 0.25) is 0 Å². The predicted molar refractivity (Wildman–Crippen MR) is 58.9 cm³/mol. The molecule has 0 fully saturated rings. The van der Waals surface area contributed by atoms with Crippen LogP contribution in [0.4, 0.5) is 0 Å². The number of aryl methyl sites for hydroxylation is 1. The van der Waals surface area contributed by atoms with Crippen molar-refractivity contribution in [3.05, 3.63) is 29.3 Å². The van der Waals surface area contributed by atoms with Crippen LogP contribution in [0.1, 0.15) is 24.5 Å². The quantitative estimate of drug-likeness (QED) is 0.776. The number of ether oxygens (including phenoxy) is 1. The van der Waals surface area contributed by atoms with E-state index in [1.165, 1.54) is 0 Å². The Bertz CT molecular complexity index is 308. The predicted octanol–water partition coefficient (Wildman–Crippen LogP) is 1.64. The molecule has 1 aromatic rings. The van der Waals surface area contributed by atoms with E-state index in [1.54, 1.807) is 6.92 Å². The molecule has 0 saturated heterocycles. The summed E-state index contributed by atoms with van der Waals surface area (Å²) in [5, 5.41) is 18.2. The summed E-state index contributed by atoms with van der Waals surface area (Å²) in [6, 6.07) is 5.67. The van der Waals surface area contributed by atoms with E-state index in [4.69, 9.17) is 14.9 Å². The van der Waals surface area contributed by atoms with Crippen molar-refractivity contribution < 1.29 is 14.9 Å². The van der Waals surface area contributed by atoms with Crippen LogP contribution < -0.4 is 4.74 Å². The summed E-state index contributed by atoms with van der Waals surface area (Å²) in [4.78, 5) is 0. The maximum absolute atomic E-state index is 9.12. The van der Waals surface area contributed by atoms with Gasteiger partial charge in [-0.05, 0) is 19.4 Å². The molecule has 0 aliphatic rings. The van der Waals surface area contributed by atoms with Gasteiger partial charge < -0.3 is 14.9 Å². The second kappa shape index (κ2) is 5.73. The Balaban J connectivity index is 2.66. The van der Waals surface area contributed by atoms with E-state index in [0.717, 1.165) is 16.9 Å². The maximum atomic E-state index is 9.12. The molecule has 0 aromatic heterocycles. The zero-order chi connectivity index (χ0) is 11.3. The highest BCUT2D eigenvalue weighted by Crippen LogP contribution is 2.23. The third-order valence-electron chi connectivity index (χ3n) is 2.25. The van der Waals surface area contributed by atoms with Gasteiger partial charge in [0.25, 0.3) is 0 Å². The smallest absolute Gasteiger partial charge is 0.127 e. The summed E-state index contributed by atoms with van der Waals surface area (Å²) >= 11 is 0. The van der Waals surface area contributed by atoms with Crippen molar-refractivity contribution in [2.45, 2.75) is 33.0 Å². The molecule has 3 nitrogen and oxygen atoms in total. The van der Waals surface area contributed by atoms with Crippen LogP contribution in [0.3, 0.4) is 0 Å². The molecule has 0 amide bonds. The molecule has 1 aromatic carbocycles. The summed E-state index contributed by atoms with van der Waals surface area (Å²) < 4.78 is 5.55. The largest absolute Gasteiger partial charge is 0.493 e. The SMILES string of the molecule is Cc1cccc(CO)c1OCCC(C)O. The number of para-hydroxylation sites is 1. The number of rotatable bonds is 5. The number of hydrogen-bond donors (Lipinski definition) is 2. The molecule has 1 rings (SSSR count). The van der Waals surface area contributed by atoms with Crippen molar-refractivity contribution in [2.75, 3.05) is 6.61 Å². The third-order valence-corrected chi connectivity index (χ3v) is 2.25. The average Bonchev–Trinajstić information content (AvgIpc) is 2.20. The highest BCUT2D eigenvalue weighted by atomic mass is 16.5. The van der Waals surface area contributed by atoms with E-state index >= 15 is 0 Å². The van der Waals surface area contributed by atoms with Gasteiger partial charge in [0.05, 0.1) is 19.3 Å². The van der Waals surface area contributed by atoms with Gasteiger partial charge in [-0.15, -0.1) is 0 Å². The van der Waals surface area contributed by atoms with E-state index in [-0.39, 0.29) is 12.7 Å². The van der Waals surface area contributed by atoms with Gasteiger partial charge in [-0.1, -0.05) is 18.2 Å². The normalized spacial score (nSPS) is 12.5. The van der Waals surface area contributed by atoms with Crippen molar-refractivity contribution in [3.63, 3.8) is 0 Å². The molecule has 0 aliphatic heterocycles. The van der Waals surface area contributed by atoms with Crippen molar-refractivity contribution in [1.29, 1.82) is 0 Å². The minimum absolute atomic E-state index is 0.0221. The second-order valence-corrected chi connectivity index (χ2v) is 3.71. The lowest BCUT2D eigenvalue weighted by Crippen LogP contribution is -2.09. The summed E-state index contributed by atoms with van der Waals surface area (Å²) in [5.41, 5.74) is 1.80. The standard InChI is InChI=1S/C12H18O3/c1-9-4-3-5-11(8-13)12(9)15-7-6-10(2)14/h3-5,10,13-14H,6-8H2,1-2H3. The molecule has 2 N–H and O–H groups in total. The van der Waals surface area contributed by atoms with Crippen molar-refractivity contribution in [2.24, 2.45) is 0 Å². The number of aliphatic hydroxyl groups excluding tert-OH is 2. The van der Waals surface area contributed by atoms with Crippen molar-refractivity contribution in [3.8, 4) is 5.75 Å². The van der Waals surface area contributed by atoms with Crippen molar-refractivity contribution in [1.82, 2.24) is 0 Å². The Kier molecular flexibility index (Phi) is 4.59. The zero-order valence-electron chi connectivity index (χ0n) is 9.23. The summed E-state index contributed by atoms with van der Waals surface area (Å²) in [5.74, 6) is 0.737. The van der Waals surface area contributed by atoms with Gasteiger partial charge in [0, 0.05) is 12.0 Å². The van der Waals surface area contributed by atoms with Gasteiger partial charge >= 0.3 is 0 Å². The lowest BCUT2D eigenvalue weighted by molar-refractivity contribution is 0.154. The van der Waals surface area contributed by atoms with Gasteiger partial charge in [0.15, 0.2) is 0 Å². The number of benzene rings is 1. The maximum Gasteiger partial charge on any atom is 0.127 e. The van der Waals surface area contributed by atoms with Gasteiger partial charge in [0.2, 0.25) is 0 Å². The Morgan fingerprint density at radius 3 is 2.73 bits per heavy atom. The molecular formula is C12H18O3. The minimum atomic E-state index is -0.355. The van der Waals surface area contributed by atoms with E-state index in [9.17, 15) is 0 Å². The van der Waals surface area contributed by atoms with Crippen LogP contribution in [0, 0.1) is 6.92 Å². The lowest BCUT2D eigenvalue weighted by Gasteiger charge is -2.13. The first-order chi connectivity index (χ1) is 7.15. The molecule has 0 aliphatic carbocycles. The molecule has 1 unspecified atom stereocenters. The van der Waals surface area contributed by atoms with Crippen LogP contribution in [-0.2, 0) is 6.61 Å². The van der Waals surface area contributed by atoms with Gasteiger partial charge in [-0.3, -0.25) is 0 Å². The summed E-state index contributed by atoms with van der Waals surface area (Å²) in [6.45, 7) is 4.12. The Hall–Kier alpha value is -1.06. The zero-order valence-corrected chi connectivity index (χ0v) is 9.23. The second-order valence-electron chi connectivity index (χ2n) is 3.71. The highest BCUT2D eigenvalue weighted by molar-refractivity contribution is 5.40. The molecule has 84 valence electrons. The van der Waals surface area contributed by atoms with Crippen LogP contribution >= 0.6 is 0 Å². The van der Waals surface area contributed by atoms with Gasteiger partial charge in [0.1, 0.15) is 5.75 Å². The molecule has 1 atom stereocenters. The van der Waals surface area contributed by atoms with Crippen LogP contribution in [-0.4, -0.2) is 22.9 Å². The Morgan fingerprint density at radius 1 is 1.40 bits per heavy atom. The highest BCUT2D eigenvalue weighted by Gasteiger charge is 2.06. The molecule has 3 heteroatoms. The van der Waals surface area contributed by atoms with Crippen molar-refractivity contribution >= 4 is 0 Å². The fourth-order valence-electron chi connectivity index (χ4n) is 1.38. The molecular weight excluding hydrogens is 192 g/mol. The van der Waals surface area contributed by atoms with Crippen LogP contribution in [0.25, 0.3) is 0 Å². The number of aliphatic hydroxyl groups is 2. The van der Waals surface area contributed by atoms with E-state index in [2.05, 4.69) is 0 Å². The molecule has 0 radical (unpaired) electrons. The third kappa shape index (κ3) is 3.53. The summed E-state index contributed by atoms with van der Waals surface area (Å²) in [7, 11) is 0. The molecule has 0 spiro atoms. The first-order valence-corrected chi connectivity index (χ1v) is 5.15. The summed E-state index contributed by atoms with van der Waals surface area (Å²) in [6.07, 6.45) is 0.241. The monoisotopic (exact) mass is 210 g/mol. The topological polar surface area (TPSA) is 49.7 Å². The van der Waals surface area contributed by atoms with Crippen LogP contribution in [0.5, 0.6) is 5.75 Å². The van der Waals surface area contributed by atoms with Gasteiger partial charge in [-0.2, -0.15) is 0 Å². The van der Waals surface area contributed by atoms with E-state index in [0.29, 0.717) is 13.0 Å². The molecule has 0 saturated carbocycles. The fourth-order valence-corrected chi connectivity index (χ4v) is 1.38. The lowest BCUT2D eigenvalue weighted by atomic mass is 10.1. The molecule has 0 heterocycles. The number of hydrogen-bond acceptors (Lipinski definition) is 3. The minimum Gasteiger partial charge on any atom is -0.493 e. The molecule has 0 bridgehead atoms. The Morgan fingerprint density at radius 2 is 2.13 bits per heavy atom. The molecule has 15 heavy (non-hydrogen) atoms. The van der Waals surface area contributed by atoms with E-state index in [1.807, 2.05) is 25.1 Å². The first kappa shape index (κ1) is 12.0. The van der Waals surface area contributed by atoms with Crippen LogP contribution in [0.15, 0.2) is 18.2 Å².